The summed E-state index contributed by atoms with van der Waals surface area (Å²) >= 11 is 5.60. The molecule has 3 fully saturated rings. The molecule has 1 amide bonds. The maximum atomic E-state index is 12.3. The first-order valence-electron chi connectivity index (χ1n) is 8.59. The molecule has 1 aromatic rings. The van der Waals surface area contributed by atoms with E-state index >= 15 is 0 Å². The second kappa shape index (κ2) is 6.15. The molecule has 4 rings (SSSR count). The molecule has 5 nitrogen and oxygen atoms in total. The Morgan fingerprint density at radius 1 is 1.17 bits per heavy atom. The standard InChI is InChI=1S/C17H23N3O2S/c21-16(15-2-1-9-22-15)19-5-7-20(8-6-19)17(23)18-14-11-12-3-4-13(14)10-12/h1-2,9,12-14H,3-8,10-11H2,(H,18,23)/t12-,13-,14-/m0/s1. The molecule has 3 atom stereocenters. The van der Waals surface area contributed by atoms with Crippen molar-refractivity contribution in [1.29, 1.82) is 0 Å². The van der Waals surface area contributed by atoms with E-state index in [0.717, 1.165) is 30.0 Å². The Bertz CT molecular complexity index is 581. The normalized spacial score (nSPS) is 29.8. The van der Waals surface area contributed by atoms with Crippen molar-refractivity contribution in [2.45, 2.75) is 31.7 Å². The summed E-state index contributed by atoms with van der Waals surface area (Å²) in [6.45, 7) is 2.97. The smallest absolute Gasteiger partial charge is 0.289 e. The zero-order chi connectivity index (χ0) is 15.8. The van der Waals surface area contributed by atoms with Gasteiger partial charge in [0.1, 0.15) is 0 Å². The summed E-state index contributed by atoms with van der Waals surface area (Å²) in [5.74, 6) is 2.13. The lowest BCUT2D eigenvalue weighted by Crippen LogP contribution is -2.55. The number of fused-ring (bicyclic) bond motifs is 2. The second-order valence-corrected chi connectivity index (χ2v) is 7.37. The number of carbonyl (C=O) groups is 1. The number of nitrogens with zero attached hydrogens (tertiary/aromatic N) is 2. The van der Waals surface area contributed by atoms with Crippen LogP contribution in [0.5, 0.6) is 0 Å². The van der Waals surface area contributed by atoms with Gasteiger partial charge in [-0.25, -0.2) is 0 Å². The third-order valence-electron chi connectivity index (χ3n) is 5.63. The van der Waals surface area contributed by atoms with Gasteiger partial charge in [-0.1, -0.05) is 6.42 Å². The van der Waals surface area contributed by atoms with Crippen LogP contribution in [0.2, 0.25) is 0 Å². The van der Waals surface area contributed by atoms with Crippen molar-refractivity contribution in [3.05, 3.63) is 24.2 Å². The maximum Gasteiger partial charge on any atom is 0.289 e. The van der Waals surface area contributed by atoms with Crippen LogP contribution in [0.3, 0.4) is 0 Å². The minimum absolute atomic E-state index is 0.0263. The fraction of sp³-hybridized carbons (Fsp3) is 0.647. The Morgan fingerprint density at radius 3 is 2.57 bits per heavy atom. The van der Waals surface area contributed by atoms with E-state index in [0.29, 0.717) is 24.9 Å². The average Bonchev–Trinajstić information content (AvgIpc) is 3.32. The average molecular weight is 333 g/mol. The van der Waals surface area contributed by atoms with Crippen LogP contribution in [-0.4, -0.2) is 53.0 Å². The summed E-state index contributed by atoms with van der Waals surface area (Å²) in [7, 11) is 0. The number of amides is 1. The quantitative estimate of drug-likeness (QED) is 0.840. The minimum Gasteiger partial charge on any atom is -0.459 e. The van der Waals surface area contributed by atoms with Crippen molar-refractivity contribution in [3.8, 4) is 0 Å². The van der Waals surface area contributed by atoms with Crippen LogP contribution in [-0.2, 0) is 0 Å². The van der Waals surface area contributed by atoms with E-state index in [1.165, 1.54) is 31.9 Å². The minimum atomic E-state index is -0.0263. The van der Waals surface area contributed by atoms with Crippen LogP contribution in [0.25, 0.3) is 0 Å². The molecular weight excluding hydrogens is 310 g/mol. The lowest BCUT2D eigenvalue weighted by atomic mass is 9.95. The Kier molecular flexibility index (Phi) is 4.01. The van der Waals surface area contributed by atoms with Gasteiger partial charge in [0, 0.05) is 32.2 Å². The van der Waals surface area contributed by atoms with Gasteiger partial charge in [-0.05, 0) is 55.4 Å². The third-order valence-corrected chi connectivity index (χ3v) is 6.01. The van der Waals surface area contributed by atoms with E-state index in [9.17, 15) is 4.79 Å². The Hall–Kier alpha value is -1.56. The van der Waals surface area contributed by atoms with Crippen LogP contribution < -0.4 is 5.32 Å². The molecule has 6 heteroatoms. The highest BCUT2D eigenvalue weighted by atomic mass is 32.1. The zero-order valence-electron chi connectivity index (χ0n) is 13.2. The second-order valence-electron chi connectivity index (χ2n) is 6.99. The van der Waals surface area contributed by atoms with Gasteiger partial charge in [0.05, 0.1) is 6.26 Å². The third kappa shape index (κ3) is 2.96. The molecule has 0 aromatic carbocycles. The molecule has 1 aliphatic heterocycles. The number of carbonyl (C=O) groups excluding carboxylic acids is 1. The van der Waals surface area contributed by atoms with Gasteiger partial charge in [0.25, 0.3) is 5.91 Å². The summed E-state index contributed by atoms with van der Waals surface area (Å²) in [5.41, 5.74) is 0. The summed E-state index contributed by atoms with van der Waals surface area (Å²) in [6.07, 6.45) is 6.96. The van der Waals surface area contributed by atoms with E-state index < -0.39 is 0 Å². The monoisotopic (exact) mass is 333 g/mol. The molecule has 1 N–H and O–H groups in total. The van der Waals surface area contributed by atoms with Gasteiger partial charge in [-0.15, -0.1) is 0 Å². The molecule has 0 unspecified atom stereocenters. The molecule has 2 aliphatic carbocycles. The highest BCUT2D eigenvalue weighted by Crippen LogP contribution is 2.44. The fourth-order valence-electron chi connectivity index (χ4n) is 4.34. The van der Waals surface area contributed by atoms with E-state index in [4.69, 9.17) is 16.6 Å². The highest BCUT2D eigenvalue weighted by molar-refractivity contribution is 7.80. The number of rotatable bonds is 2. The number of hydrogen-bond acceptors (Lipinski definition) is 3. The molecule has 1 saturated heterocycles. The number of hydrogen-bond donors (Lipinski definition) is 1. The first-order valence-corrected chi connectivity index (χ1v) is 9.00. The van der Waals surface area contributed by atoms with Crippen molar-refractivity contribution in [2.75, 3.05) is 26.2 Å². The number of thiocarbonyl (C=S) groups is 1. The van der Waals surface area contributed by atoms with Crippen LogP contribution in [0, 0.1) is 11.8 Å². The van der Waals surface area contributed by atoms with E-state index in [1.807, 2.05) is 4.90 Å². The van der Waals surface area contributed by atoms with Gasteiger partial charge in [-0.2, -0.15) is 0 Å². The van der Waals surface area contributed by atoms with E-state index in [2.05, 4.69) is 10.2 Å². The van der Waals surface area contributed by atoms with Crippen LogP contribution in [0.15, 0.2) is 22.8 Å². The molecular formula is C17H23N3O2S. The molecule has 3 aliphatic rings. The van der Waals surface area contributed by atoms with Crippen molar-refractivity contribution in [3.63, 3.8) is 0 Å². The Morgan fingerprint density at radius 2 is 1.96 bits per heavy atom. The molecule has 23 heavy (non-hydrogen) atoms. The summed E-state index contributed by atoms with van der Waals surface area (Å²) in [5, 5.41) is 4.46. The van der Waals surface area contributed by atoms with Crippen molar-refractivity contribution < 1.29 is 9.21 Å². The predicted octanol–water partition coefficient (Wildman–Crippen LogP) is 2.10. The summed E-state index contributed by atoms with van der Waals surface area (Å²) < 4.78 is 5.20. The van der Waals surface area contributed by atoms with Gasteiger partial charge in [0.15, 0.2) is 10.9 Å². The molecule has 2 saturated carbocycles. The lowest BCUT2D eigenvalue weighted by Gasteiger charge is -2.37. The first kappa shape index (κ1) is 15.0. The van der Waals surface area contributed by atoms with Crippen molar-refractivity contribution >= 4 is 23.2 Å². The number of furan rings is 1. The number of nitrogens with one attached hydrogen (secondary N) is 1. The summed E-state index contributed by atoms with van der Waals surface area (Å²) in [6, 6.07) is 4.04. The van der Waals surface area contributed by atoms with Crippen LogP contribution >= 0.6 is 12.2 Å². The van der Waals surface area contributed by atoms with E-state index in [-0.39, 0.29) is 5.91 Å². The predicted molar refractivity (Wildman–Crippen MR) is 91.2 cm³/mol. The van der Waals surface area contributed by atoms with Gasteiger partial charge in [0.2, 0.25) is 0 Å². The maximum absolute atomic E-state index is 12.3. The molecule has 0 spiro atoms. The van der Waals surface area contributed by atoms with Gasteiger partial charge < -0.3 is 19.5 Å². The topological polar surface area (TPSA) is 48.7 Å². The largest absolute Gasteiger partial charge is 0.459 e. The van der Waals surface area contributed by atoms with E-state index in [1.54, 1.807) is 12.1 Å². The molecule has 2 heterocycles. The van der Waals surface area contributed by atoms with Crippen molar-refractivity contribution in [2.24, 2.45) is 11.8 Å². The fourth-order valence-corrected chi connectivity index (χ4v) is 4.67. The van der Waals surface area contributed by atoms with Gasteiger partial charge in [-0.3, -0.25) is 4.79 Å². The SMILES string of the molecule is O=C(c1ccco1)N1CCN(C(=S)N[C@H]2C[C@H]3CC[C@H]2C3)CC1. The number of piperazine rings is 1. The van der Waals surface area contributed by atoms with Crippen LogP contribution in [0.4, 0.5) is 0 Å². The summed E-state index contributed by atoms with van der Waals surface area (Å²) in [4.78, 5) is 16.3. The lowest BCUT2D eigenvalue weighted by molar-refractivity contribution is 0.0658. The molecule has 0 radical (unpaired) electrons. The first-order chi connectivity index (χ1) is 11.2. The highest BCUT2D eigenvalue weighted by Gasteiger charge is 2.40. The van der Waals surface area contributed by atoms with Crippen molar-refractivity contribution in [1.82, 2.24) is 15.1 Å². The Labute approximate surface area is 142 Å². The zero-order valence-corrected chi connectivity index (χ0v) is 14.1. The van der Waals surface area contributed by atoms with Gasteiger partial charge >= 0.3 is 0 Å². The molecule has 1 aromatic heterocycles. The molecule has 2 bridgehead atoms. The Balaban J connectivity index is 1.28. The van der Waals surface area contributed by atoms with Crippen LogP contribution in [0.1, 0.15) is 36.2 Å². The molecule has 124 valence electrons.